The Morgan fingerprint density at radius 3 is 2.46 bits per heavy atom. The van der Waals surface area contributed by atoms with Crippen LogP contribution in [-0.4, -0.2) is 50.6 Å². The summed E-state index contributed by atoms with van der Waals surface area (Å²) in [5.41, 5.74) is 1.75. The Bertz CT molecular complexity index is 762. The van der Waals surface area contributed by atoms with Gasteiger partial charge < -0.3 is 19.9 Å². The van der Waals surface area contributed by atoms with Crippen LogP contribution in [0.15, 0.2) is 42.5 Å². The third kappa shape index (κ3) is 4.38. The van der Waals surface area contributed by atoms with Crippen molar-refractivity contribution in [3.05, 3.63) is 53.3 Å². The number of halogens is 2. The van der Waals surface area contributed by atoms with Crippen molar-refractivity contribution in [1.29, 1.82) is 0 Å². The molecule has 1 heterocycles. The molecule has 0 aliphatic carbocycles. The Morgan fingerprint density at radius 2 is 1.85 bits per heavy atom. The average molecular weight is 378 g/mol. The Labute approximate surface area is 157 Å². The number of benzene rings is 2. The van der Waals surface area contributed by atoms with Gasteiger partial charge >= 0.3 is 0 Å². The summed E-state index contributed by atoms with van der Waals surface area (Å²) >= 11 is 6.09. The van der Waals surface area contributed by atoms with E-state index in [1.807, 2.05) is 11.0 Å². The number of nitrogens with one attached hydrogen (secondary N) is 1. The molecule has 1 fully saturated rings. The molecule has 1 amide bonds. The molecule has 0 saturated carbocycles. The zero-order valence-electron chi connectivity index (χ0n) is 14.5. The maximum absolute atomic E-state index is 13.0. The molecule has 0 unspecified atom stereocenters. The Balaban J connectivity index is 1.49. The molecule has 0 aromatic heterocycles. The zero-order valence-corrected chi connectivity index (χ0v) is 15.3. The van der Waals surface area contributed by atoms with Crippen LogP contribution >= 0.6 is 11.6 Å². The Hall–Kier alpha value is -2.47. The Morgan fingerprint density at radius 1 is 1.15 bits per heavy atom. The molecule has 3 rings (SSSR count). The molecule has 0 radical (unpaired) electrons. The number of amides is 1. The van der Waals surface area contributed by atoms with Gasteiger partial charge in [0.15, 0.2) is 0 Å². The maximum atomic E-state index is 13.0. The Kier molecular flexibility index (Phi) is 5.83. The van der Waals surface area contributed by atoms with Crippen molar-refractivity contribution >= 4 is 28.9 Å². The van der Waals surface area contributed by atoms with Crippen molar-refractivity contribution in [3.8, 4) is 5.75 Å². The van der Waals surface area contributed by atoms with Crippen molar-refractivity contribution in [1.82, 2.24) is 4.90 Å². The van der Waals surface area contributed by atoms with Crippen LogP contribution < -0.4 is 15.0 Å². The van der Waals surface area contributed by atoms with Gasteiger partial charge in [0.1, 0.15) is 11.6 Å². The van der Waals surface area contributed by atoms with Gasteiger partial charge in [-0.15, -0.1) is 0 Å². The van der Waals surface area contributed by atoms with Crippen LogP contribution in [0.25, 0.3) is 0 Å². The molecule has 7 heteroatoms. The first-order valence-corrected chi connectivity index (χ1v) is 8.80. The molecule has 1 saturated heterocycles. The van der Waals surface area contributed by atoms with Gasteiger partial charge in [0.2, 0.25) is 5.91 Å². The van der Waals surface area contributed by atoms with E-state index in [9.17, 15) is 9.18 Å². The van der Waals surface area contributed by atoms with E-state index in [0.29, 0.717) is 23.9 Å². The van der Waals surface area contributed by atoms with E-state index in [1.165, 1.54) is 12.1 Å². The second-order valence-electron chi connectivity index (χ2n) is 6.05. The van der Waals surface area contributed by atoms with Gasteiger partial charge in [0.25, 0.3) is 0 Å². The molecule has 1 aliphatic heterocycles. The summed E-state index contributed by atoms with van der Waals surface area (Å²) in [6, 6.07) is 11.8. The molecule has 0 spiro atoms. The minimum atomic E-state index is -0.243. The minimum absolute atomic E-state index is 0.0377. The molecule has 26 heavy (non-hydrogen) atoms. The first-order chi connectivity index (χ1) is 12.6. The number of carbonyl (C=O) groups is 1. The lowest BCUT2D eigenvalue weighted by molar-refractivity contribution is -0.129. The highest BCUT2D eigenvalue weighted by molar-refractivity contribution is 6.32. The van der Waals surface area contributed by atoms with Crippen molar-refractivity contribution < 1.29 is 13.9 Å². The fourth-order valence-electron chi connectivity index (χ4n) is 2.93. The lowest BCUT2D eigenvalue weighted by atomic mass is 10.2. The van der Waals surface area contributed by atoms with E-state index in [1.54, 1.807) is 31.4 Å². The molecule has 1 aliphatic rings. The number of methoxy groups -OCH3 is 1. The van der Waals surface area contributed by atoms with Gasteiger partial charge in [-0.1, -0.05) is 11.6 Å². The largest absolute Gasteiger partial charge is 0.495 e. The van der Waals surface area contributed by atoms with E-state index >= 15 is 0 Å². The maximum Gasteiger partial charge on any atom is 0.241 e. The van der Waals surface area contributed by atoms with Crippen LogP contribution in [0.3, 0.4) is 0 Å². The highest BCUT2D eigenvalue weighted by Gasteiger charge is 2.21. The highest BCUT2D eigenvalue weighted by atomic mass is 35.5. The number of hydrogen-bond acceptors (Lipinski definition) is 4. The zero-order chi connectivity index (χ0) is 18.5. The molecule has 0 bridgehead atoms. The number of nitrogens with zero attached hydrogens (tertiary/aromatic N) is 2. The third-order valence-corrected chi connectivity index (χ3v) is 4.72. The van der Waals surface area contributed by atoms with E-state index in [2.05, 4.69) is 10.2 Å². The monoisotopic (exact) mass is 377 g/mol. The molecule has 2 aromatic carbocycles. The molecule has 1 N–H and O–H groups in total. The van der Waals surface area contributed by atoms with Crippen LogP contribution in [0, 0.1) is 5.82 Å². The topological polar surface area (TPSA) is 44.8 Å². The van der Waals surface area contributed by atoms with Gasteiger partial charge in [0.05, 0.1) is 18.7 Å². The SMILES string of the molecule is COc1ccc(NCC(=O)N2CCN(c3ccc(F)cc3)CC2)cc1Cl. The fourth-order valence-corrected chi connectivity index (χ4v) is 3.19. The second kappa shape index (κ2) is 8.27. The predicted molar refractivity (Wildman–Crippen MR) is 102 cm³/mol. The van der Waals surface area contributed by atoms with Crippen LogP contribution in [0.2, 0.25) is 5.02 Å². The van der Waals surface area contributed by atoms with E-state index in [4.69, 9.17) is 16.3 Å². The summed E-state index contributed by atoms with van der Waals surface area (Å²) < 4.78 is 18.1. The lowest BCUT2D eigenvalue weighted by Crippen LogP contribution is -2.50. The normalized spacial score (nSPS) is 14.3. The van der Waals surface area contributed by atoms with E-state index < -0.39 is 0 Å². The van der Waals surface area contributed by atoms with Gasteiger partial charge in [0, 0.05) is 37.6 Å². The number of rotatable bonds is 5. The van der Waals surface area contributed by atoms with Gasteiger partial charge in [-0.3, -0.25) is 4.79 Å². The summed E-state index contributed by atoms with van der Waals surface area (Å²) in [5, 5.41) is 3.59. The second-order valence-corrected chi connectivity index (χ2v) is 6.45. The smallest absolute Gasteiger partial charge is 0.241 e. The standard InChI is InChI=1S/C19H21ClFN3O2/c1-26-18-7-4-15(12-17(18)20)22-13-19(25)24-10-8-23(9-11-24)16-5-2-14(21)3-6-16/h2-7,12,22H,8-11,13H2,1H3. The molecule has 2 aromatic rings. The summed E-state index contributed by atoms with van der Waals surface area (Å²) in [5.74, 6) is 0.392. The number of anilines is 2. The number of ether oxygens (including phenoxy) is 1. The molecule has 0 atom stereocenters. The quantitative estimate of drug-likeness (QED) is 0.868. The minimum Gasteiger partial charge on any atom is -0.495 e. The fraction of sp³-hybridized carbons (Fsp3) is 0.316. The average Bonchev–Trinajstić information content (AvgIpc) is 2.67. The molecular weight excluding hydrogens is 357 g/mol. The summed E-state index contributed by atoms with van der Waals surface area (Å²) in [7, 11) is 1.56. The van der Waals surface area contributed by atoms with Gasteiger partial charge in [-0.05, 0) is 42.5 Å². The predicted octanol–water partition coefficient (Wildman–Crippen LogP) is 3.25. The van der Waals surface area contributed by atoms with Crippen molar-refractivity contribution in [2.24, 2.45) is 0 Å². The van der Waals surface area contributed by atoms with Crippen molar-refractivity contribution in [2.45, 2.75) is 0 Å². The third-order valence-electron chi connectivity index (χ3n) is 4.42. The van der Waals surface area contributed by atoms with E-state index in [-0.39, 0.29) is 18.3 Å². The van der Waals surface area contributed by atoms with Gasteiger partial charge in [-0.2, -0.15) is 0 Å². The lowest BCUT2D eigenvalue weighted by Gasteiger charge is -2.36. The summed E-state index contributed by atoms with van der Waals surface area (Å²) in [6.45, 7) is 2.94. The molecule has 138 valence electrons. The first-order valence-electron chi connectivity index (χ1n) is 8.42. The van der Waals surface area contributed by atoms with Crippen molar-refractivity contribution in [3.63, 3.8) is 0 Å². The highest BCUT2D eigenvalue weighted by Crippen LogP contribution is 2.27. The van der Waals surface area contributed by atoms with Crippen molar-refractivity contribution in [2.75, 3.05) is 50.1 Å². The van der Waals surface area contributed by atoms with Gasteiger partial charge in [-0.25, -0.2) is 4.39 Å². The van der Waals surface area contributed by atoms with Crippen LogP contribution in [0.1, 0.15) is 0 Å². The summed E-state index contributed by atoms with van der Waals surface area (Å²) in [4.78, 5) is 16.4. The number of piperazine rings is 1. The summed E-state index contributed by atoms with van der Waals surface area (Å²) in [6.07, 6.45) is 0. The first kappa shape index (κ1) is 18.3. The van der Waals surface area contributed by atoms with Crippen LogP contribution in [-0.2, 0) is 4.79 Å². The number of hydrogen-bond donors (Lipinski definition) is 1. The molecule has 5 nitrogen and oxygen atoms in total. The number of carbonyl (C=O) groups excluding carboxylic acids is 1. The van der Waals surface area contributed by atoms with Crippen LogP contribution in [0.4, 0.5) is 15.8 Å². The molecular formula is C19H21ClFN3O2. The van der Waals surface area contributed by atoms with Crippen LogP contribution in [0.5, 0.6) is 5.75 Å². The van der Waals surface area contributed by atoms with E-state index in [0.717, 1.165) is 24.5 Å².